The van der Waals surface area contributed by atoms with Gasteiger partial charge in [0.15, 0.2) is 12.8 Å². The van der Waals surface area contributed by atoms with Crippen molar-refractivity contribution in [3.63, 3.8) is 0 Å². The van der Waals surface area contributed by atoms with Gasteiger partial charge in [0.05, 0.1) is 17.3 Å². The molecule has 2 heterocycles. The summed E-state index contributed by atoms with van der Waals surface area (Å²) in [6.07, 6.45) is 0.638. The molecule has 2 aromatic carbocycles. The topological polar surface area (TPSA) is 49.3 Å². The molecule has 4 rings (SSSR count). The minimum Gasteiger partial charge on any atom is -0.467 e. The maximum atomic E-state index is 13.9. The molecule has 0 spiro atoms. The summed E-state index contributed by atoms with van der Waals surface area (Å²) in [4.78, 5) is 8.96. The Morgan fingerprint density at radius 3 is 2.71 bits per heavy atom. The van der Waals surface area contributed by atoms with Crippen LogP contribution in [0.5, 0.6) is 5.75 Å². The highest BCUT2D eigenvalue weighted by molar-refractivity contribution is 14.0. The molecule has 0 amide bonds. The zero-order chi connectivity index (χ0) is 20.9. The predicted molar refractivity (Wildman–Crippen MR) is 132 cm³/mol. The third kappa shape index (κ3) is 5.72. The van der Waals surface area contributed by atoms with Gasteiger partial charge in [-0.2, -0.15) is 0 Å². The van der Waals surface area contributed by atoms with Gasteiger partial charge in [0.25, 0.3) is 0 Å². The zero-order valence-corrected chi connectivity index (χ0v) is 20.5. The summed E-state index contributed by atoms with van der Waals surface area (Å²) in [5.41, 5.74) is 2.68. The highest BCUT2D eigenvalue weighted by Gasteiger charge is 2.21. The number of para-hydroxylation sites is 1. The van der Waals surface area contributed by atoms with E-state index in [-0.39, 0.29) is 36.6 Å². The lowest BCUT2D eigenvalue weighted by Crippen LogP contribution is -2.52. The fourth-order valence-electron chi connectivity index (χ4n) is 3.95. The van der Waals surface area contributed by atoms with Crippen LogP contribution in [0.4, 0.5) is 10.1 Å². The Bertz CT molecular complexity index is 922. The maximum absolute atomic E-state index is 13.9. The molecule has 1 N–H and O–H groups in total. The van der Waals surface area contributed by atoms with Gasteiger partial charge in [0.1, 0.15) is 11.6 Å². The van der Waals surface area contributed by atoms with Crippen molar-refractivity contribution in [1.82, 2.24) is 10.2 Å². The number of guanidine groups is 1. The van der Waals surface area contributed by atoms with E-state index in [9.17, 15) is 4.39 Å². The Balaban J connectivity index is 0.00000272. The van der Waals surface area contributed by atoms with Gasteiger partial charge in [-0.05, 0) is 36.2 Å². The van der Waals surface area contributed by atoms with Gasteiger partial charge in [0.2, 0.25) is 0 Å². The second kappa shape index (κ2) is 11.2. The average molecular weight is 561 g/mol. The standard InChI is InChI=1S/C22H26ClFN4O2.HI/c1-25-22(28-10-8-27(9-11-28)20-5-3-2-4-19(20)23)26-7-6-16-12-18(24)13-17-14-29-15-30-21(16)17;/h2-5,12-13H,6-11,14-15H2,1H3,(H,25,26);1H. The van der Waals surface area contributed by atoms with Crippen molar-refractivity contribution >= 4 is 47.2 Å². The summed E-state index contributed by atoms with van der Waals surface area (Å²) in [5, 5.41) is 4.18. The maximum Gasteiger partial charge on any atom is 0.193 e. The number of rotatable bonds is 4. The third-order valence-corrected chi connectivity index (χ3v) is 5.73. The second-order valence-corrected chi connectivity index (χ2v) is 7.72. The number of benzene rings is 2. The van der Waals surface area contributed by atoms with Crippen LogP contribution in [0.3, 0.4) is 0 Å². The van der Waals surface area contributed by atoms with E-state index in [1.807, 2.05) is 18.2 Å². The Hall–Kier alpha value is -1.78. The molecule has 0 unspecified atom stereocenters. The fraction of sp³-hybridized carbons (Fsp3) is 0.409. The first-order valence-corrected chi connectivity index (χ1v) is 10.5. The number of anilines is 1. The Morgan fingerprint density at radius 1 is 1.19 bits per heavy atom. The van der Waals surface area contributed by atoms with Crippen LogP contribution in [-0.2, 0) is 17.8 Å². The first-order chi connectivity index (χ1) is 14.7. The monoisotopic (exact) mass is 560 g/mol. The SMILES string of the molecule is CN=C(NCCc1cc(F)cc2c1OCOC2)N1CCN(c2ccccc2Cl)CC1.I. The molecule has 0 saturated carbocycles. The number of fused-ring (bicyclic) bond motifs is 1. The zero-order valence-electron chi connectivity index (χ0n) is 17.4. The number of piperazine rings is 1. The molecule has 0 aromatic heterocycles. The van der Waals surface area contributed by atoms with Crippen LogP contribution in [-0.4, -0.2) is 57.4 Å². The molecular formula is C22H27ClFIN4O2. The van der Waals surface area contributed by atoms with Crippen molar-refractivity contribution in [2.24, 2.45) is 4.99 Å². The van der Waals surface area contributed by atoms with Crippen molar-refractivity contribution in [2.45, 2.75) is 13.0 Å². The van der Waals surface area contributed by atoms with Gasteiger partial charge in [-0.1, -0.05) is 23.7 Å². The Kier molecular flexibility index (Phi) is 8.62. The van der Waals surface area contributed by atoms with Gasteiger partial charge in [-0.3, -0.25) is 4.99 Å². The second-order valence-electron chi connectivity index (χ2n) is 7.31. The first kappa shape index (κ1) is 23.9. The smallest absolute Gasteiger partial charge is 0.193 e. The number of nitrogens with one attached hydrogen (secondary N) is 1. The van der Waals surface area contributed by atoms with Crippen LogP contribution in [0.25, 0.3) is 0 Å². The van der Waals surface area contributed by atoms with Crippen molar-refractivity contribution in [2.75, 3.05) is 51.5 Å². The van der Waals surface area contributed by atoms with E-state index in [0.717, 1.165) is 59.7 Å². The molecule has 0 bridgehead atoms. The molecule has 1 saturated heterocycles. The van der Waals surface area contributed by atoms with E-state index in [4.69, 9.17) is 21.1 Å². The molecule has 0 atom stereocenters. The minimum absolute atomic E-state index is 0. The number of nitrogens with zero attached hydrogens (tertiary/aromatic N) is 3. The number of aliphatic imine (C=N–C) groups is 1. The Morgan fingerprint density at radius 2 is 1.97 bits per heavy atom. The van der Waals surface area contributed by atoms with Crippen molar-refractivity contribution in [3.05, 3.63) is 58.4 Å². The molecule has 0 radical (unpaired) electrons. The normalized spacial score (nSPS) is 16.3. The lowest BCUT2D eigenvalue weighted by molar-refractivity contribution is -0.0172. The molecule has 0 aliphatic carbocycles. The molecule has 168 valence electrons. The molecule has 2 aliphatic rings. The highest BCUT2D eigenvalue weighted by Crippen LogP contribution is 2.29. The van der Waals surface area contributed by atoms with Crippen LogP contribution in [0, 0.1) is 5.82 Å². The minimum atomic E-state index is -0.266. The summed E-state index contributed by atoms with van der Waals surface area (Å²) < 4.78 is 24.8. The summed E-state index contributed by atoms with van der Waals surface area (Å²) in [5.74, 6) is 1.33. The molecular weight excluding hydrogens is 534 g/mol. The molecule has 2 aromatic rings. The third-order valence-electron chi connectivity index (χ3n) is 5.41. The van der Waals surface area contributed by atoms with Crippen LogP contribution in [0.2, 0.25) is 5.02 Å². The van der Waals surface area contributed by atoms with Gasteiger partial charge in [-0.15, -0.1) is 24.0 Å². The number of hydrogen-bond acceptors (Lipinski definition) is 4. The summed E-state index contributed by atoms with van der Waals surface area (Å²) in [6.45, 7) is 4.66. The van der Waals surface area contributed by atoms with Gasteiger partial charge in [-0.25, -0.2) is 4.39 Å². The molecule has 1 fully saturated rings. The number of hydrogen-bond donors (Lipinski definition) is 1. The van der Waals surface area contributed by atoms with E-state index in [2.05, 4.69) is 26.2 Å². The highest BCUT2D eigenvalue weighted by atomic mass is 127. The van der Waals surface area contributed by atoms with E-state index in [0.29, 0.717) is 19.6 Å². The summed E-state index contributed by atoms with van der Waals surface area (Å²) in [7, 11) is 1.78. The number of ether oxygens (including phenoxy) is 2. The molecule has 6 nitrogen and oxygen atoms in total. The Labute approximate surface area is 204 Å². The molecule has 31 heavy (non-hydrogen) atoms. The van der Waals surface area contributed by atoms with Gasteiger partial charge < -0.3 is 24.6 Å². The average Bonchev–Trinajstić information content (AvgIpc) is 2.77. The summed E-state index contributed by atoms with van der Waals surface area (Å²) in [6, 6.07) is 10.9. The van der Waals surface area contributed by atoms with Crippen molar-refractivity contribution < 1.29 is 13.9 Å². The fourth-order valence-corrected chi connectivity index (χ4v) is 4.21. The number of halogens is 3. The van der Waals surface area contributed by atoms with Crippen LogP contribution in [0.15, 0.2) is 41.4 Å². The quantitative estimate of drug-likeness (QED) is 0.349. The molecule has 2 aliphatic heterocycles. The van der Waals surface area contributed by atoms with Crippen LogP contribution in [0.1, 0.15) is 11.1 Å². The lowest BCUT2D eigenvalue weighted by Gasteiger charge is -2.38. The van der Waals surface area contributed by atoms with Crippen molar-refractivity contribution in [1.29, 1.82) is 0 Å². The van der Waals surface area contributed by atoms with Gasteiger partial charge in [0, 0.05) is 45.3 Å². The van der Waals surface area contributed by atoms with E-state index in [1.54, 1.807) is 7.05 Å². The van der Waals surface area contributed by atoms with Crippen molar-refractivity contribution in [3.8, 4) is 5.75 Å². The lowest BCUT2D eigenvalue weighted by atomic mass is 10.1. The van der Waals surface area contributed by atoms with E-state index >= 15 is 0 Å². The van der Waals surface area contributed by atoms with E-state index in [1.165, 1.54) is 12.1 Å². The molecule has 9 heteroatoms. The van der Waals surface area contributed by atoms with Crippen LogP contribution < -0.4 is 15.0 Å². The van der Waals surface area contributed by atoms with E-state index < -0.39 is 0 Å². The largest absolute Gasteiger partial charge is 0.467 e. The van der Waals surface area contributed by atoms with Gasteiger partial charge >= 0.3 is 0 Å². The summed E-state index contributed by atoms with van der Waals surface area (Å²) >= 11 is 6.34. The first-order valence-electron chi connectivity index (χ1n) is 10.1. The van der Waals surface area contributed by atoms with Crippen LogP contribution >= 0.6 is 35.6 Å². The predicted octanol–water partition coefficient (Wildman–Crippen LogP) is 3.90.